The highest BCUT2D eigenvalue weighted by Gasteiger charge is 2.39. The smallest absolute Gasteiger partial charge is 0.251 e. The first-order valence-corrected chi connectivity index (χ1v) is 12.9. The quantitative estimate of drug-likeness (QED) is 0.451. The third-order valence-corrected chi connectivity index (χ3v) is 8.18. The van der Waals surface area contributed by atoms with Gasteiger partial charge in [0.25, 0.3) is 5.91 Å². The maximum absolute atomic E-state index is 13.6. The molecule has 1 amide bonds. The molecule has 1 aliphatic rings. The summed E-state index contributed by atoms with van der Waals surface area (Å²) >= 11 is 0. The van der Waals surface area contributed by atoms with Gasteiger partial charge in [-0.1, -0.05) is 12.1 Å². The normalized spacial score (nSPS) is 19.1. The van der Waals surface area contributed by atoms with Crippen molar-refractivity contribution in [1.29, 1.82) is 0 Å². The number of carbonyl (C=O) groups is 1. The van der Waals surface area contributed by atoms with Crippen molar-refractivity contribution in [3.05, 3.63) is 78.1 Å². The molecule has 0 unspecified atom stereocenters. The molecule has 9 heteroatoms. The van der Waals surface area contributed by atoms with Gasteiger partial charge in [-0.25, -0.2) is 17.5 Å². The highest BCUT2D eigenvalue weighted by atomic mass is 32.2. The van der Waals surface area contributed by atoms with Crippen molar-refractivity contribution >= 4 is 26.6 Å². The number of fused-ring (bicyclic) bond motifs is 1. The first-order valence-electron chi connectivity index (χ1n) is 11.1. The Morgan fingerprint density at radius 3 is 2.57 bits per heavy atom. The summed E-state index contributed by atoms with van der Waals surface area (Å²) in [4.78, 5) is 13.1. The minimum Gasteiger partial charge on any atom is -0.497 e. The van der Waals surface area contributed by atoms with Crippen molar-refractivity contribution in [3.63, 3.8) is 0 Å². The second-order valence-corrected chi connectivity index (χ2v) is 11.2. The van der Waals surface area contributed by atoms with Crippen molar-refractivity contribution in [2.24, 2.45) is 0 Å². The van der Waals surface area contributed by atoms with Crippen LogP contribution in [0.25, 0.3) is 27.8 Å². The number of hydrogen-bond acceptors (Lipinski definition) is 5. The molecule has 5 rings (SSSR count). The van der Waals surface area contributed by atoms with E-state index in [-0.39, 0.29) is 23.2 Å². The minimum atomic E-state index is -3.17. The van der Waals surface area contributed by atoms with Crippen LogP contribution in [0.5, 0.6) is 5.75 Å². The summed E-state index contributed by atoms with van der Waals surface area (Å²) in [5, 5.41) is 8.50. The first-order chi connectivity index (χ1) is 16.7. The Balaban J connectivity index is 1.61. The summed E-state index contributed by atoms with van der Waals surface area (Å²) in [5.74, 6) is -0.0620. The predicted molar refractivity (Wildman–Crippen MR) is 132 cm³/mol. The van der Waals surface area contributed by atoms with Crippen LogP contribution in [0.15, 0.2) is 66.7 Å². The second-order valence-electron chi connectivity index (χ2n) is 9.06. The van der Waals surface area contributed by atoms with Gasteiger partial charge in [0.15, 0.2) is 9.84 Å². The number of carbonyl (C=O) groups excluding carboxylic acids is 1. The first kappa shape index (κ1) is 23.0. The number of nitrogens with one attached hydrogen (secondary N) is 1. The largest absolute Gasteiger partial charge is 0.497 e. The Bertz CT molecular complexity index is 1550. The standard InChI is InChI=1S/C26H24FN3O4S/c1-26(12-13-35(32,33)16-26)28-25(31)18-6-11-22-23(15-18)30(20-9-7-19(27)8-10-20)29-24(22)17-4-3-5-21(14-17)34-2/h3-11,14-15H,12-13,16H2,1-2H3,(H,28,31)/t26-/m1/s1. The van der Waals surface area contributed by atoms with Gasteiger partial charge in [-0.15, -0.1) is 0 Å². The molecule has 2 heterocycles. The van der Waals surface area contributed by atoms with Gasteiger partial charge < -0.3 is 10.1 Å². The third-order valence-electron chi connectivity index (χ3n) is 6.28. The number of sulfone groups is 1. The summed E-state index contributed by atoms with van der Waals surface area (Å²) in [6.45, 7) is 1.75. The molecular formula is C26H24FN3O4S. The monoisotopic (exact) mass is 493 g/mol. The lowest BCUT2D eigenvalue weighted by Crippen LogP contribution is -2.46. The molecule has 1 saturated heterocycles. The van der Waals surface area contributed by atoms with Gasteiger partial charge in [0, 0.05) is 16.5 Å². The molecule has 180 valence electrons. The average Bonchev–Trinajstić information content (AvgIpc) is 3.35. The van der Waals surface area contributed by atoms with Crippen LogP contribution in [-0.2, 0) is 9.84 Å². The molecule has 3 aromatic carbocycles. The average molecular weight is 494 g/mol. The van der Waals surface area contributed by atoms with Gasteiger partial charge in [-0.2, -0.15) is 5.10 Å². The molecule has 35 heavy (non-hydrogen) atoms. The fourth-order valence-corrected chi connectivity index (χ4v) is 6.57. The number of halogens is 1. The molecule has 0 saturated carbocycles. The van der Waals surface area contributed by atoms with Gasteiger partial charge in [-0.05, 0) is 67.9 Å². The highest BCUT2D eigenvalue weighted by Crippen LogP contribution is 2.32. The summed E-state index contributed by atoms with van der Waals surface area (Å²) in [6.07, 6.45) is 0.372. The van der Waals surface area contributed by atoms with Crippen LogP contribution in [0.2, 0.25) is 0 Å². The van der Waals surface area contributed by atoms with E-state index in [9.17, 15) is 17.6 Å². The Morgan fingerprint density at radius 2 is 1.89 bits per heavy atom. The van der Waals surface area contributed by atoms with Crippen molar-refractivity contribution in [1.82, 2.24) is 15.1 Å². The molecule has 1 atom stereocenters. The third kappa shape index (κ3) is 4.51. The van der Waals surface area contributed by atoms with Crippen LogP contribution in [0.3, 0.4) is 0 Å². The molecule has 0 radical (unpaired) electrons. The molecule has 4 aromatic rings. The minimum absolute atomic E-state index is 0.0596. The highest BCUT2D eigenvalue weighted by molar-refractivity contribution is 7.91. The maximum Gasteiger partial charge on any atom is 0.251 e. The van der Waals surface area contributed by atoms with Crippen LogP contribution in [0.4, 0.5) is 4.39 Å². The van der Waals surface area contributed by atoms with E-state index in [0.717, 1.165) is 10.9 Å². The summed E-state index contributed by atoms with van der Waals surface area (Å²) in [7, 11) is -1.57. The Kier molecular flexibility index (Phi) is 5.59. The number of methoxy groups -OCH3 is 1. The Morgan fingerprint density at radius 1 is 1.11 bits per heavy atom. The lowest BCUT2D eigenvalue weighted by molar-refractivity contribution is 0.0915. The molecule has 1 aromatic heterocycles. The van der Waals surface area contributed by atoms with Crippen molar-refractivity contribution in [2.75, 3.05) is 18.6 Å². The Labute approximate surface area is 202 Å². The van der Waals surface area contributed by atoms with E-state index in [1.807, 2.05) is 30.3 Å². The van der Waals surface area contributed by atoms with Gasteiger partial charge >= 0.3 is 0 Å². The zero-order chi connectivity index (χ0) is 24.8. The Hall–Kier alpha value is -3.72. The molecule has 1 aliphatic heterocycles. The van der Waals surface area contributed by atoms with E-state index in [1.165, 1.54) is 12.1 Å². The number of rotatable bonds is 5. The van der Waals surface area contributed by atoms with E-state index in [0.29, 0.717) is 34.6 Å². The molecule has 1 fully saturated rings. The van der Waals surface area contributed by atoms with Crippen molar-refractivity contribution < 1.29 is 22.3 Å². The van der Waals surface area contributed by atoms with Crippen LogP contribution in [0.1, 0.15) is 23.7 Å². The van der Waals surface area contributed by atoms with Crippen LogP contribution in [-0.4, -0.2) is 48.3 Å². The molecule has 7 nitrogen and oxygen atoms in total. The van der Waals surface area contributed by atoms with Crippen molar-refractivity contribution in [2.45, 2.75) is 18.9 Å². The number of nitrogens with zero attached hydrogens (tertiary/aromatic N) is 2. The molecule has 0 aliphatic carbocycles. The van der Waals surface area contributed by atoms with Crippen LogP contribution in [0, 0.1) is 5.82 Å². The number of benzene rings is 3. The van der Waals surface area contributed by atoms with Gasteiger partial charge in [0.1, 0.15) is 17.3 Å². The van der Waals surface area contributed by atoms with Crippen LogP contribution < -0.4 is 10.1 Å². The number of amides is 1. The zero-order valence-electron chi connectivity index (χ0n) is 19.3. The number of hydrogen-bond donors (Lipinski definition) is 1. The number of aromatic nitrogens is 2. The fourth-order valence-electron chi connectivity index (χ4n) is 4.47. The van der Waals surface area contributed by atoms with Crippen LogP contribution >= 0.6 is 0 Å². The zero-order valence-corrected chi connectivity index (χ0v) is 20.1. The van der Waals surface area contributed by atoms with E-state index < -0.39 is 15.4 Å². The van der Waals surface area contributed by atoms with E-state index in [1.54, 1.807) is 43.0 Å². The maximum atomic E-state index is 13.6. The van der Waals surface area contributed by atoms with E-state index in [2.05, 4.69) is 5.32 Å². The summed E-state index contributed by atoms with van der Waals surface area (Å²) < 4.78 is 44.5. The number of ether oxygens (including phenoxy) is 1. The van der Waals surface area contributed by atoms with Crippen molar-refractivity contribution in [3.8, 4) is 22.7 Å². The summed E-state index contributed by atoms with van der Waals surface area (Å²) in [6, 6.07) is 18.7. The fraction of sp³-hybridized carbons (Fsp3) is 0.231. The second kappa shape index (κ2) is 8.49. The lowest BCUT2D eigenvalue weighted by atomic mass is 10.0. The molecule has 1 N–H and O–H groups in total. The van der Waals surface area contributed by atoms with Gasteiger partial charge in [0.2, 0.25) is 0 Å². The van der Waals surface area contributed by atoms with Gasteiger partial charge in [0.05, 0.1) is 35.4 Å². The SMILES string of the molecule is COc1cccc(-c2nn(-c3ccc(F)cc3)c3cc(C(=O)N[C@]4(C)CCS(=O)(=O)C4)ccc23)c1. The van der Waals surface area contributed by atoms with Gasteiger partial charge in [-0.3, -0.25) is 4.79 Å². The molecular weight excluding hydrogens is 469 g/mol. The molecule has 0 bridgehead atoms. The predicted octanol–water partition coefficient (Wildman–Crippen LogP) is 4.15. The van der Waals surface area contributed by atoms with E-state index in [4.69, 9.17) is 9.84 Å². The van der Waals surface area contributed by atoms with E-state index >= 15 is 0 Å². The molecule has 0 spiro atoms. The summed E-state index contributed by atoms with van der Waals surface area (Å²) in [5.41, 5.74) is 2.38. The lowest BCUT2D eigenvalue weighted by Gasteiger charge is -2.23. The topological polar surface area (TPSA) is 90.3 Å².